The number of anilines is 2. The van der Waals surface area contributed by atoms with Crippen LogP contribution in [0.2, 0.25) is 0 Å². The van der Waals surface area contributed by atoms with Gasteiger partial charge in [0.25, 0.3) is 0 Å². The van der Waals surface area contributed by atoms with E-state index in [2.05, 4.69) is 22.0 Å². The van der Waals surface area contributed by atoms with Crippen molar-refractivity contribution in [2.24, 2.45) is 0 Å². The molecule has 1 fully saturated rings. The van der Waals surface area contributed by atoms with Gasteiger partial charge in [0.1, 0.15) is 6.04 Å². The SMILES string of the molecule is CCCCC(=O)Nc1ccc(N2CCN(C(C(=O)OC)c3ccccc3)CC2)cc1. The largest absolute Gasteiger partial charge is 0.468 e. The van der Waals surface area contributed by atoms with Crippen molar-refractivity contribution >= 4 is 23.3 Å². The van der Waals surface area contributed by atoms with Crippen molar-refractivity contribution < 1.29 is 14.3 Å². The monoisotopic (exact) mass is 409 g/mol. The highest BCUT2D eigenvalue weighted by Gasteiger charge is 2.31. The Balaban J connectivity index is 1.59. The molecule has 1 N–H and O–H groups in total. The van der Waals surface area contributed by atoms with Crippen LogP contribution in [0, 0.1) is 0 Å². The van der Waals surface area contributed by atoms with Gasteiger partial charge in [0.2, 0.25) is 5.91 Å². The summed E-state index contributed by atoms with van der Waals surface area (Å²) in [4.78, 5) is 28.8. The molecule has 0 saturated carbocycles. The van der Waals surface area contributed by atoms with Gasteiger partial charge >= 0.3 is 5.97 Å². The van der Waals surface area contributed by atoms with Gasteiger partial charge in [-0.05, 0) is 36.2 Å². The molecular weight excluding hydrogens is 378 g/mol. The zero-order valence-corrected chi connectivity index (χ0v) is 17.8. The van der Waals surface area contributed by atoms with E-state index in [0.717, 1.165) is 56.0 Å². The summed E-state index contributed by atoms with van der Waals surface area (Å²) in [6.07, 6.45) is 2.48. The second kappa shape index (κ2) is 10.8. The van der Waals surface area contributed by atoms with Gasteiger partial charge in [-0.3, -0.25) is 9.69 Å². The molecule has 1 saturated heterocycles. The summed E-state index contributed by atoms with van der Waals surface area (Å²) in [5.41, 5.74) is 2.91. The average Bonchev–Trinajstić information content (AvgIpc) is 2.79. The summed E-state index contributed by atoms with van der Waals surface area (Å²) < 4.78 is 5.07. The standard InChI is InChI=1S/C24H31N3O3/c1-3-4-10-22(28)25-20-11-13-21(14-12-20)26-15-17-27(18-16-26)23(24(29)30-2)19-8-6-5-7-9-19/h5-9,11-14,23H,3-4,10,15-18H2,1-2H3,(H,25,28). The van der Waals surface area contributed by atoms with Crippen LogP contribution in [0.3, 0.4) is 0 Å². The zero-order valence-electron chi connectivity index (χ0n) is 17.8. The van der Waals surface area contributed by atoms with Gasteiger partial charge in [-0.1, -0.05) is 43.7 Å². The number of carbonyl (C=O) groups excluding carboxylic acids is 2. The predicted molar refractivity (Wildman–Crippen MR) is 120 cm³/mol. The van der Waals surface area contributed by atoms with E-state index in [1.165, 1.54) is 7.11 Å². The van der Waals surface area contributed by atoms with Crippen molar-refractivity contribution in [1.29, 1.82) is 0 Å². The molecule has 3 rings (SSSR count). The van der Waals surface area contributed by atoms with Crippen molar-refractivity contribution in [3.63, 3.8) is 0 Å². The molecular formula is C24H31N3O3. The quantitative estimate of drug-likeness (QED) is 0.671. The Kier molecular flexibility index (Phi) is 7.85. The minimum atomic E-state index is -0.376. The predicted octanol–water partition coefficient (Wildman–Crippen LogP) is 3.85. The molecule has 6 heteroatoms. The van der Waals surface area contributed by atoms with Crippen LogP contribution in [-0.4, -0.2) is 50.1 Å². The van der Waals surface area contributed by atoms with E-state index in [-0.39, 0.29) is 17.9 Å². The number of nitrogens with one attached hydrogen (secondary N) is 1. The van der Waals surface area contributed by atoms with Crippen molar-refractivity contribution in [3.8, 4) is 0 Å². The maximum Gasteiger partial charge on any atom is 0.327 e. The maximum atomic E-state index is 12.4. The van der Waals surface area contributed by atoms with Crippen molar-refractivity contribution in [2.75, 3.05) is 43.5 Å². The van der Waals surface area contributed by atoms with Gasteiger partial charge < -0.3 is 15.0 Å². The Hall–Kier alpha value is -2.86. The fourth-order valence-corrected chi connectivity index (χ4v) is 3.80. The zero-order chi connectivity index (χ0) is 21.3. The average molecular weight is 410 g/mol. The van der Waals surface area contributed by atoms with Crippen LogP contribution in [0.25, 0.3) is 0 Å². The van der Waals surface area contributed by atoms with E-state index in [0.29, 0.717) is 6.42 Å². The van der Waals surface area contributed by atoms with Crippen LogP contribution < -0.4 is 10.2 Å². The first kappa shape index (κ1) is 21.8. The minimum absolute atomic E-state index is 0.0629. The molecule has 0 spiro atoms. The summed E-state index contributed by atoms with van der Waals surface area (Å²) in [5, 5.41) is 2.95. The highest BCUT2D eigenvalue weighted by atomic mass is 16.5. The number of hydrogen-bond acceptors (Lipinski definition) is 5. The number of unbranched alkanes of at least 4 members (excludes halogenated alkanes) is 1. The number of nitrogens with zero attached hydrogens (tertiary/aromatic N) is 2. The molecule has 1 aliphatic heterocycles. The first-order chi connectivity index (χ1) is 14.6. The van der Waals surface area contributed by atoms with Gasteiger partial charge in [0.15, 0.2) is 0 Å². The van der Waals surface area contributed by atoms with E-state index in [4.69, 9.17) is 4.74 Å². The third-order valence-corrected chi connectivity index (χ3v) is 5.49. The molecule has 0 aromatic heterocycles. The Morgan fingerprint density at radius 1 is 1.00 bits per heavy atom. The van der Waals surface area contributed by atoms with Crippen LogP contribution in [0.4, 0.5) is 11.4 Å². The highest BCUT2D eigenvalue weighted by Crippen LogP contribution is 2.26. The first-order valence-electron chi connectivity index (χ1n) is 10.6. The molecule has 30 heavy (non-hydrogen) atoms. The number of ether oxygens (including phenoxy) is 1. The maximum absolute atomic E-state index is 12.4. The Bertz CT molecular complexity index is 815. The molecule has 6 nitrogen and oxygen atoms in total. The summed E-state index contributed by atoms with van der Waals surface area (Å²) in [6, 6.07) is 17.4. The normalized spacial score (nSPS) is 15.5. The van der Waals surface area contributed by atoms with E-state index < -0.39 is 0 Å². The second-order valence-corrected chi connectivity index (χ2v) is 7.56. The van der Waals surface area contributed by atoms with Crippen molar-refractivity contribution in [1.82, 2.24) is 4.90 Å². The fraction of sp³-hybridized carbons (Fsp3) is 0.417. The van der Waals surface area contributed by atoms with E-state index in [1.807, 2.05) is 54.6 Å². The summed E-state index contributed by atoms with van der Waals surface area (Å²) >= 11 is 0. The van der Waals surface area contributed by atoms with Crippen LogP contribution in [0.1, 0.15) is 37.8 Å². The van der Waals surface area contributed by atoms with Gasteiger partial charge in [-0.2, -0.15) is 0 Å². The van der Waals surface area contributed by atoms with E-state index in [1.54, 1.807) is 0 Å². The Labute approximate surface area is 178 Å². The third kappa shape index (κ3) is 5.60. The Morgan fingerprint density at radius 3 is 2.27 bits per heavy atom. The number of hydrogen-bond donors (Lipinski definition) is 1. The molecule has 160 valence electrons. The number of rotatable bonds is 8. The Morgan fingerprint density at radius 2 is 1.67 bits per heavy atom. The first-order valence-corrected chi connectivity index (χ1v) is 10.6. The molecule has 1 amide bonds. The molecule has 0 bridgehead atoms. The van der Waals surface area contributed by atoms with Gasteiger partial charge in [0.05, 0.1) is 7.11 Å². The molecule has 0 aliphatic carbocycles. The van der Waals surface area contributed by atoms with E-state index in [9.17, 15) is 9.59 Å². The van der Waals surface area contributed by atoms with Gasteiger partial charge in [-0.25, -0.2) is 4.79 Å². The van der Waals surface area contributed by atoms with Crippen LogP contribution in [-0.2, 0) is 14.3 Å². The number of methoxy groups -OCH3 is 1. The summed E-state index contributed by atoms with van der Waals surface area (Å²) in [5.74, 6) is -0.161. The van der Waals surface area contributed by atoms with Crippen LogP contribution >= 0.6 is 0 Å². The number of amides is 1. The second-order valence-electron chi connectivity index (χ2n) is 7.56. The topological polar surface area (TPSA) is 61.9 Å². The lowest BCUT2D eigenvalue weighted by Crippen LogP contribution is -2.49. The smallest absolute Gasteiger partial charge is 0.327 e. The molecule has 0 radical (unpaired) electrons. The molecule has 1 atom stereocenters. The minimum Gasteiger partial charge on any atom is -0.468 e. The number of esters is 1. The third-order valence-electron chi connectivity index (χ3n) is 5.49. The van der Waals surface area contributed by atoms with Gasteiger partial charge in [-0.15, -0.1) is 0 Å². The fourth-order valence-electron chi connectivity index (χ4n) is 3.80. The highest BCUT2D eigenvalue weighted by molar-refractivity contribution is 5.90. The molecule has 2 aromatic carbocycles. The lowest BCUT2D eigenvalue weighted by atomic mass is 10.0. The van der Waals surface area contributed by atoms with E-state index >= 15 is 0 Å². The molecule has 1 unspecified atom stereocenters. The van der Waals surface area contributed by atoms with Crippen LogP contribution in [0.5, 0.6) is 0 Å². The number of piperazine rings is 1. The number of benzene rings is 2. The lowest BCUT2D eigenvalue weighted by molar-refractivity contribution is -0.147. The van der Waals surface area contributed by atoms with Crippen molar-refractivity contribution in [2.45, 2.75) is 32.2 Å². The molecule has 2 aromatic rings. The molecule has 1 heterocycles. The van der Waals surface area contributed by atoms with Crippen LogP contribution in [0.15, 0.2) is 54.6 Å². The summed E-state index contributed by atoms with van der Waals surface area (Å²) in [6.45, 7) is 5.26. The summed E-state index contributed by atoms with van der Waals surface area (Å²) in [7, 11) is 1.44. The van der Waals surface area contributed by atoms with Crippen molar-refractivity contribution in [3.05, 3.63) is 60.2 Å². The lowest BCUT2D eigenvalue weighted by Gasteiger charge is -2.39. The number of carbonyl (C=O) groups is 2. The molecule has 1 aliphatic rings. The van der Waals surface area contributed by atoms with Gasteiger partial charge in [0, 0.05) is 44.0 Å².